The first-order valence-corrected chi connectivity index (χ1v) is 14.7. The third-order valence-corrected chi connectivity index (χ3v) is 8.10. The van der Waals surface area contributed by atoms with Gasteiger partial charge < -0.3 is 64.2 Å². The van der Waals surface area contributed by atoms with Gasteiger partial charge in [0.1, 0.15) is 64.8 Å². The minimum absolute atomic E-state index is 0.0622. The molecule has 0 amide bonds. The summed E-state index contributed by atoms with van der Waals surface area (Å²) in [6.45, 7) is 6.59. The first-order chi connectivity index (χ1) is 21.7. The van der Waals surface area contributed by atoms with Crippen LogP contribution in [-0.4, -0.2) is 102 Å². The normalized spacial score (nSPS) is 31.4. The van der Waals surface area contributed by atoms with Crippen LogP contribution in [0, 0.1) is 0 Å². The van der Waals surface area contributed by atoms with Gasteiger partial charge in [-0.05, 0) is 58.4 Å². The molecule has 8 N–H and O–H groups in total. The molecule has 14 nitrogen and oxygen atoms in total. The van der Waals surface area contributed by atoms with Crippen molar-refractivity contribution in [1.29, 1.82) is 0 Å². The number of ether oxygens (including phenoxy) is 4. The molecule has 2 fully saturated rings. The molecule has 0 spiro atoms. The minimum atomic E-state index is -1.77. The first kappa shape index (κ1) is 33.6. The Bertz CT molecular complexity index is 1650. The second kappa shape index (κ2) is 13.2. The molecular formula is C32H38O14. The number of rotatable bonds is 7. The van der Waals surface area contributed by atoms with Gasteiger partial charge in [0.15, 0.2) is 5.76 Å². The van der Waals surface area contributed by atoms with Crippen LogP contribution in [0.3, 0.4) is 0 Å². The Morgan fingerprint density at radius 2 is 1.35 bits per heavy atom. The lowest BCUT2D eigenvalue weighted by Crippen LogP contribution is -2.58. The number of phenolic OH excluding ortho intramolecular Hbond substituents is 2. The smallest absolute Gasteiger partial charge is 0.239 e. The number of hydrogen-bond donors (Lipinski definition) is 8. The summed E-state index contributed by atoms with van der Waals surface area (Å²) in [4.78, 5) is 14.2. The Hall–Kier alpha value is -3.73. The summed E-state index contributed by atoms with van der Waals surface area (Å²) in [7, 11) is 0. The molecule has 0 aliphatic carbocycles. The zero-order valence-corrected chi connectivity index (χ0v) is 25.5. The maximum absolute atomic E-state index is 14.2. The largest absolute Gasteiger partial charge is 0.508 e. The Kier molecular flexibility index (Phi) is 9.63. The summed E-state index contributed by atoms with van der Waals surface area (Å²) >= 11 is 0. The molecule has 3 heterocycles. The molecule has 2 aliphatic heterocycles. The van der Waals surface area contributed by atoms with Crippen molar-refractivity contribution >= 4 is 11.0 Å². The van der Waals surface area contributed by atoms with Crippen molar-refractivity contribution in [3.05, 3.63) is 57.8 Å². The van der Waals surface area contributed by atoms with Crippen LogP contribution >= 0.6 is 0 Å². The Labute approximate surface area is 262 Å². The maximum atomic E-state index is 14.2. The van der Waals surface area contributed by atoms with E-state index >= 15 is 0 Å². The standard InChI is InChI=1S/C32H38O14/c1-12(2)5-10-17-19(44-31-26(40)24(38)21(35)13(3)42-31)11-18(34)20-23(37)30(46-32-27(41)25(39)22(36)14(4)43-32)28(45-29(17)20)15-6-8-16(33)9-7-15/h5-9,11,13-14,21-22,24-27,31-36,38-41H,10H2,1-4H3/t13-,14-,21-,22+,24-,25-,26-,27-,31+,32+/m1/s1. The van der Waals surface area contributed by atoms with E-state index in [1.165, 1.54) is 38.1 Å². The molecule has 250 valence electrons. The Morgan fingerprint density at radius 3 is 1.89 bits per heavy atom. The van der Waals surface area contributed by atoms with E-state index in [2.05, 4.69) is 0 Å². The fraction of sp³-hybridized carbons (Fsp3) is 0.469. The van der Waals surface area contributed by atoms with Gasteiger partial charge in [-0.2, -0.15) is 0 Å². The number of allylic oxidation sites excluding steroid dienone is 2. The van der Waals surface area contributed by atoms with E-state index in [4.69, 9.17) is 23.4 Å². The van der Waals surface area contributed by atoms with Crippen LogP contribution < -0.4 is 14.9 Å². The van der Waals surface area contributed by atoms with Crippen molar-refractivity contribution in [2.24, 2.45) is 0 Å². The summed E-state index contributed by atoms with van der Waals surface area (Å²) in [6, 6.07) is 6.65. The van der Waals surface area contributed by atoms with Gasteiger partial charge in [-0.15, -0.1) is 0 Å². The van der Waals surface area contributed by atoms with E-state index < -0.39 is 78.3 Å². The quantitative estimate of drug-likeness (QED) is 0.166. The van der Waals surface area contributed by atoms with Gasteiger partial charge in [-0.25, -0.2) is 0 Å². The zero-order chi connectivity index (χ0) is 33.6. The summed E-state index contributed by atoms with van der Waals surface area (Å²) in [5, 5.41) is 82.8. The van der Waals surface area contributed by atoms with Crippen molar-refractivity contribution < 1.29 is 64.2 Å². The van der Waals surface area contributed by atoms with Gasteiger partial charge in [0, 0.05) is 17.2 Å². The molecule has 0 saturated carbocycles. The highest BCUT2D eigenvalue weighted by Gasteiger charge is 2.45. The average Bonchev–Trinajstić information content (AvgIpc) is 3.01. The molecule has 2 aromatic carbocycles. The van der Waals surface area contributed by atoms with E-state index in [0.29, 0.717) is 0 Å². The number of aliphatic hydroxyl groups is 6. The van der Waals surface area contributed by atoms with E-state index in [1.54, 1.807) is 6.08 Å². The molecule has 46 heavy (non-hydrogen) atoms. The number of benzene rings is 2. The van der Waals surface area contributed by atoms with E-state index in [-0.39, 0.29) is 45.8 Å². The van der Waals surface area contributed by atoms with Gasteiger partial charge in [0.2, 0.25) is 23.8 Å². The average molecular weight is 647 g/mol. The van der Waals surface area contributed by atoms with Gasteiger partial charge in [-0.3, -0.25) is 4.79 Å². The molecule has 3 aromatic rings. The predicted molar refractivity (Wildman–Crippen MR) is 160 cm³/mol. The fourth-order valence-corrected chi connectivity index (χ4v) is 5.34. The van der Waals surface area contributed by atoms with Crippen LogP contribution in [0.25, 0.3) is 22.3 Å². The third-order valence-electron chi connectivity index (χ3n) is 8.10. The lowest BCUT2D eigenvalue weighted by atomic mass is 9.99. The summed E-state index contributed by atoms with van der Waals surface area (Å²) < 4.78 is 29.2. The fourth-order valence-electron chi connectivity index (χ4n) is 5.34. The van der Waals surface area contributed by atoms with Crippen LogP contribution in [-0.2, 0) is 15.9 Å². The van der Waals surface area contributed by atoms with Gasteiger partial charge in [0.25, 0.3) is 0 Å². The first-order valence-electron chi connectivity index (χ1n) is 14.7. The highest BCUT2D eigenvalue weighted by Crippen LogP contribution is 2.41. The van der Waals surface area contributed by atoms with Crippen molar-refractivity contribution in [2.75, 3.05) is 0 Å². The predicted octanol–water partition coefficient (Wildman–Crippen LogP) is 0.792. The number of fused-ring (bicyclic) bond motifs is 1. The topological polar surface area (TPSA) is 229 Å². The summed E-state index contributed by atoms with van der Waals surface area (Å²) in [5.74, 6) is -1.47. The molecule has 14 heteroatoms. The van der Waals surface area contributed by atoms with E-state index in [9.17, 15) is 45.6 Å². The number of hydrogen-bond acceptors (Lipinski definition) is 14. The lowest BCUT2D eigenvalue weighted by Gasteiger charge is -2.39. The monoisotopic (exact) mass is 646 g/mol. The summed E-state index contributed by atoms with van der Waals surface area (Å²) in [5.41, 5.74) is 0.329. The Balaban J connectivity index is 1.71. The van der Waals surface area contributed by atoms with Crippen LogP contribution in [0.1, 0.15) is 33.3 Å². The second-order valence-electron chi connectivity index (χ2n) is 11.8. The van der Waals surface area contributed by atoms with E-state index in [0.717, 1.165) is 11.6 Å². The maximum Gasteiger partial charge on any atom is 0.239 e. The highest BCUT2D eigenvalue weighted by atomic mass is 16.7. The third kappa shape index (κ3) is 6.30. The van der Waals surface area contributed by atoms with Gasteiger partial charge in [-0.1, -0.05) is 11.6 Å². The number of aliphatic hydroxyl groups excluding tert-OH is 6. The molecule has 0 bridgehead atoms. The van der Waals surface area contributed by atoms with Crippen LogP contribution in [0.15, 0.2) is 51.2 Å². The molecule has 2 aliphatic rings. The van der Waals surface area contributed by atoms with Gasteiger partial charge in [0.05, 0.1) is 12.2 Å². The number of phenols is 2. The molecule has 0 unspecified atom stereocenters. The van der Waals surface area contributed by atoms with Crippen molar-refractivity contribution in [1.82, 2.24) is 0 Å². The van der Waals surface area contributed by atoms with Crippen LogP contribution in [0.4, 0.5) is 0 Å². The molecular weight excluding hydrogens is 608 g/mol. The zero-order valence-electron chi connectivity index (χ0n) is 25.5. The summed E-state index contributed by atoms with van der Waals surface area (Å²) in [6.07, 6.45) is -12.6. The molecule has 10 atom stereocenters. The van der Waals surface area contributed by atoms with Crippen LogP contribution in [0.2, 0.25) is 0 Å². The second-order valence-corrected chi connectivity index (χ2v) is 11.8. The minimum Gasteiger partial charge on any atom is -0.508 e. The Morgan fingerprint density at radius 1 is 0.804 bits per heavy atom. The van der Waals surface area contributed by atoms with Gasteiger partial charge >= 0.3 is 0 Å². The highest BCUT2D eigenvalue weighted by molar-refractivity contribution is 5.91. The van der Waals surface area contributed by atoms with Crippen molar-refractivity contribution in [3.63, 3.8) is 0 Å². The molecule has 0 radical (unpaired) electrons. The van der Waals surface area contributed by atoms with Crippen molar-refractivity contribution in [3.8, 4) is 34.3 Å². The SMILES string of the molecule is CC(C)=CCc1c(O[C@@H]2O[C@H](C)[C@@H](O)[C@@H](O)[C@H]2O)cc(O)c2c(=O)c(O[C@@H]3O[C@H](C)[C@H](O)[C@@H](O)[C@H]3O)c(-c3ccc(O)cc3)oc12. The lowest BCUT2D eigenvalue weighted by molar-refractivity contribution is -0.268. The van der Waals surface area contributed by atoms with E-state index in [1.807, 2.05) is 13.8 Å². The molecule has 5 rings (SSSR count). The molecule has 2 saturated heterocycles. The molecule has 1 aromatic heterocycles. The van der Waals surface area contributed by atoms with Crippen LogP contribution in [0.5, 0.6) is 23.0 Å². The number of aromatic hydroxyl groups is 2. The van der Waals surface area contributed by atoms with Crippen molar-refractivity contribution in [2.45, 2.75) is 95.5 Å².